The first kappa shape index (κ1) is 17.1. The smallest absolute Gasteiger partial charge is 0.244 e. The zero-order valence-electron chi connectivity index (χ0n) is 14.3. The van der Waals surface area contributed by atoms with Crippen LogP contribution < -0.4 is 10.5 Å². The molecule has 2 aromatic carbocycles. The van der Waals surface area contributed by atoms with Crippen molar-refractivity contribution in [1.29, 1.82) is 5.26 Å². The zero-order chi connectivity index (χ0) is 19.1. The molecule has 0 bridgehead atoms. The van der Waals surface area contributed by atoms with E-state index in [0.29, 0.717) is 11.3 Å². The maximum atomic E-state index is 14.7. The number of ether oxygens (including phenoxy) is 1. The number of nitrogens with zero attached hydrogens (tertiary/aromatic N) is 2. The Labute approximate surface area is 159 Å². The highest BCUT2D eigenvalue weighted by atomic mass is 35.5. The molecule has 1 atom stereocenters. The standard InChI is InChI=1S/C20H14ClFN4O/c1-10-5-7-11(8-6-10)18-17-15(16-13(21)3-2-4-14(16)22)12(9-23)19(24)27-20(17)26-25-18/h2-8,15H,24H2,1H3,(H,25,26)/t15-/m1/s1. The molecule has 0 aliphatic carbocycles. The monoisotopic (exact) mass is 380 g/mol. The summed E-state index contributed by atoms with van der Waals surface area (Å²) in [7, 11) is 0. The fourth-order valence-corrected chi connectivity index (χ4v) is 3.53. The third-order valence-electron chi connectivity index (χ3n) is 4.57. The molecule has 1 aromatic heterocycles. The average Bonchev–Trinajstić information content (AvgIpc) is 3.05. The molecule has 1 aliphatic rings. The summed E-state index contributed by atoms with van der Waals surface area (Å²) in [6.45, 7) is 1.98. The molecule has 0 radical (unpaired) electrons. The number of fused-ring (bicyclic) bond motifs is 1. The molecule has 5 nitrogen and oxygen atoms in total. The normalized spacial score (nSPS) is 15.9. The average molecular weight is 381 g/mol. The lowest BCUT2D eigenvalue weighted by atomic mass is 9.82. The summed E-state index contributed by atoms with van der Waals surface area (Å²) in [6, 6.07) is 14.2. The van der Waals surface area contributed by atoms with Crippen LogP contribution in [0.2, 0.25) is 5.02 Å². The molecule has 0 unspecified atom stereocenters. The Morgan fingerprint density at radius 1 is 1.22 bits per heavy atom. The summed E-state index contributed by atoms with van der Waals surface area (Å²) in [5.74, 6) is -1.28. The van der Waals surface area contributed by atoms with E-state index in [4.69, 9.17) is 22.1 Å². The molecule has 0 saturated heterocycles. The summed E-state index contributed by atoms with van der Waals surface area (Å²) in [5.41, 5.74) is 9.24. The fourth-order valence-electron chi connectivity index (χ4n) is 3.26. The van der Waals surface area contributed by atoms with Gasteiger partial charge in [-0.25, -0.2) is 4.39 Å². The highest BCUT2D eigenvalue weighted by molar-refractivity contribution is 6.31. The number of rotatable bonds is 2. The number of nitrogens with one attached hydrogen (secondary N) is 1. The number of aryl methyl sites for hydroxylation is 1. The van der Waals surface area contributed by atoms with Gasteiger partial charge in [0.1, 0.15) is 17.5 Å². The number of nitriles is 1. The fraction of sp³-hybridized carbons (Fsp3) is 0.100. The van der Waals surface area contributed by atoms with Gasteiger partial charge in [-0.1, -0.05) is 47.5 Å². The third kappa shape index (κ3) is 2.73. The van der Waals surface area contributed by atoms with Crippen molar-refractivity contribution >= 4 is 11.6 Å². The van der Waals surface area contributed by atoms with Gasteiger partial charge in [-0.05, 0) is 19.1 Å². The van der Waals surface area contributed by atoms with E-state index in [1.807, 2.05) is 37.3 Å². The Bertz CT molecular complexity index is 1090. The molecule has 0 fully saturated rings. The van der Waals surface area contributed by atoms with Gasteiger partial charge in [0.25, 0.3) is 0 Å². The molecule has 0 saturated carbocycles. The van der Waals surface area contributed by atoms with Gasteiger partial charge in [-0.15, -0.1) is 5.10 Å². The highest BCUT2D eigenvalue weighted by Gasteiger charge is 2.38. The van der Waals surface area contributed by atoms with Crippen molar-refractivity contribution in [2.24, 2.45) is 5.73 Å². The minimum Gasteiger partial charge on any atom is -0.420 e. The number of allylic oxidation sites excluding steroid dienone is 1. The molecule has 134 valence electrons. The van der Waals surface area contributed by atoms with E-state index in [1.54, 1.807) is 6.07 Å². The molecule has 0 amide bonds. The lowest BCUT2D eigenvalue weighted by molar-refractivity contribution is 0.378. The second kappa shape index (κ2) is 6.45. The second-order valence-corrected chi connectivity index (χ2v) is 6.65. The van der Waals surface area contributed by atoms with Crippen LogP contribution in [0.5, 0.6) is 5.88 Å². The molecular weight excluding hydrogens is 367 g/mol. The van der Waals surface area contributed by atoms with Crippen molar-refractivity contribution in [3.63, 3.8) is 0 Å². The molecule has 4 rings (SSSR count). The Morgan fingerprint density at radius 3 is 2.63 bits per heavy atom. The number of hydrogen-bond acceptors (Lipinski definition) is 4. The predicted octanol–water partition coefficient (Wildman–Crippen LogP) is 4.40. The van der Waals surface area contributed by atoms with Gasteiger partial charge in [-0.3, -0.25) is 5.10 Å². The van der Waals surface area contributed by atoms with E-state index >= 15 is 0 Å². The Kier molecular flexibility index (Phi) is 4.09. The first-order valence-corrected chi connectivity index (χ1v) is 8.56. The van der Waals surface area contributed by atoms with Crippen molar-refractivity contribution in [2.75, 3.05) is 0 Å². The molecule has 2 heterocycles. The molecular formula is C20H14ClFN4O. The van der Waals surface area contributed by atoms with Crippen molar-refractivity contribution in [1.82, 2.24) is 10.2 Å². The third-order valence-corrected chi connectivity index (χ3v) is 4.90. The largest absolute Gasteiger partial charge is 0.420 e. The topological polar surface area (TPSA) is 87.7 Å². The lowest BCUT2D eigenvalue weighted by Gasteiger charge is -2.25. The van der Waals surface area contributed by atoms with E-state index < -0.39 is 11.7 Å². The van der Waals surface area contributed by atoms with Gasteiger partial charge in [0.2, 0.25) is 11.8 Å². The SMILES string of the molecule is Cc1ccc(-c2[nH]nc3c2[C@@H](c2c(F)cccc2Cl)C(C#N)=C(N)O3)cc1. The van der Waals surface area contributed by atoms with Crippen LogP contribution in [-0.4, -0.2) is 10.2 Å². The molecule has 7 heteroatoms. The minimum absolute atomic E-state index is 0.0873. The first-order valence-electron chi connectivity index (χ1n) is 8.18. The van der Waals surface area contributed by atoms with Crippen molar-refractivity contribution < 1.29 is 9.13 Å². The van der Waals surface area contributed by atoms with E-state index in [-0.39, 0.29) is 27.9 Å². The number of hydrogen-bond donors (Lipinski definition) is 2. The summed E-state index contributed by atoms with van der Waals surface area (Å²) in [4.78, 5) is 0. The van der Waals surface area contributed by atoms with Gasteiger partial charge in [-0.2, -0.15) is 5.26 Å². The van der Waals surface area contributed by atoms with Gasteiger partial charge in [0.05, 0.1) is 17.2 Å². The number of aromatic nitrogens is 2. The van der Waals surface area contributed by atoms with Crippen LogP contribution in [-0.2, 0) is 0 Å². The maximum absolute atomic E-state index is 14.7. The lowest BCUT2D eigenvalue weighted by Crippen LogP contribution is -2.21. The van der Waals surface area contributed by atoms with Gasteiger partial charge >= 0.3 is 0 Å². The number of benzene rings is 2. The van der Waals surface area contributed by atoms with E-state index in [1.165, 1.54) is 12.1 Å². The summed E-state index contributed by atoms with van der Waals surface area (Å²) < 4.78 is 20.3. The number of nitrogens with two attached hydrogens (primary N) is 1. The van der Waals surface area contributed by atoms with Crippen molar-refractivity contribution in [3.05, 3.63) is 81.5 Å². The molecule has 27 heavy (non-hydrogen) atoms. The number of H-pyrrole nitrogens is 1. The molecule has 3 aromatic rings. The van der Waals surface area contributed by atoms with Gasteiger partial charge < -0.3 is 10.5 Å². The predicted molar refractivity (Wildman–Crippen MR) is 99.5 cm³/mol. The maximum Gasteiger partial charge on any atom is 0.244 e. The van der Waals surface area contributed by atoms with E-state index in [0.717, 1.165) is 11.1 Å². The van der Waals surface area contributed by atoms with Gasteiger partial charge in [0.15, 0.2) is 0 Å². The van der Waals surface area contributed by atoms with Crippen LogP contribution >= 0.6 is 11.6 Å². The molecule has 0 spiro atoms. The summed E-state index contributed by atoms with van der Waals surface area (Å²) in [5, 5.41) is 17.0. The molecule has 3 N–H and O–H groups in total. The van der Waals surface area contributed by atoms with Crippen LogP contribution in [0.1, 0.15) is 22.6 Å². The minimum atomic E-state index is -0.831. The highest BCUT2D eigenvalue weighted by Crippen LogP contribution is 2.47. The number of halogens is 2. The van der Waals surface area contributed by atoms with Crippen LogP contribution in [0.25, 0.3) is 11.3 Å². The Balaban J connectivity index is 2.00. The molecule has 1 aliphatic heterocycles. The second-order valence-electron chi connectivity index (χ2n) is 6.24. The Hall–Kier alpha value is -3.30. The van der Waals surface area contributed by atoms with Crippen LogP contribution in [0.4, 0.5) is 4.39 Å². The summed E-state index contributed by atoms with van der Waals surface area (Å²) >= 11 is 6.30. The van der Waals surface area contributed by atoms with Crippen LogP contribution in [0.15, 0.2) is 53.9 Å². The van der Waals surface area contributed by atoms with Crippen LogP contribution in [0.3, 0.4) is 0 Å². The van der Waals surface area contributed by atoms with Crippen molar-refractivity contribution in [3.8, 4) is 23.2 Å². The summed E-state index contributed by atoms with van der Waals surface area (Å²) in [6.07, 6.45) is 0. The van der Waals surface area contributed by atoms with E-state index in [2.05, 4.69) is 10.2 Å². The van der Waals surface area contributed by atoms with E-state index in [9.17, 15) is 9.65 Å². The van der Waals surface area contributed by atoms with Crippen LogP contribution in [0, 0.1) is 24.1 Å². The van der Waals surface area contributed by atoms with Gasteiger partial charge in [0, 0.05) is 16.1 Å². The number of aromatic amines is 1. The Morgan fingerprint density at radius 2 is 1.96 bits per heavy atom. The quantitative estimate of drug-likeness (QED) is 0.689. The first-order chi connectivity index (χ1) is 13.0. The van der Waals surface area contributed by atoms with Crippen molar-refractivity contribution in [2.45, 2.75) is 12.8 Å². The zero-order valence-corrected chi connectivity index (χ0v) is 15.0.